The minimum absolute atomic E-state index is 0.00368. The zero-order valence-electron chi connectivity index (χ0n) is 12.1. The Balaban J connectivity index is 1.76. The van der Waals surface area contributed by atoms with E-state index in [1.165, 1.54) is 4.68 Å². The van der Waals surface area contributed by atoms with Crippen LogP contribution in [-0.2, 0) is 11.3 Å². The third kappa shape index (κ3) is 2.56. The van der Waals surface area contributed by atoms with Crippen molar-refractivity contribution in [3.63, 3.8) is 0 Å². The van der Waals surface area contributed by atoms with Crippen molar-refractivity contribution in [2.24, 2.45) is 11.7 Å². The highest BCUT2D eigenvalue weighted by Crippen LogP contribution is 2.39. The number of nitrogens with zero attached hydrogens (tertiary/aromatic N) is 2. The van der Waals surface area contributed by atoms with Crippen LogP contribution in [0.1, 0.15) is 26.2 Å². The third-order valence-electron chi connectivity index (χ3n) is 4.42. The summed E-state index contributed by atoms with van der Waals surface area (Å²) in [5.74, 6) is 0.406. The first kappa shape index (κ1) is 14.8. The number of halogens is 1. The van der Waals surface area contributed by atoms with Gasteiger partial charge in [-0.25, -0.2) is 4.68 Å². The van der Waals surface area contributed by atoms with Crippen molar-refractivity contribution < 1.29 is 4.74 Å². The van der Waals surface area contributed by atoms with Gasteiger partial charge in [-0.1, -0.05) is 18.5 Å². The predicted molar refractivity (Wildman–Crippen MR) is 81.6 cm³/mol. The summed E-state index contributed by atoms with van der Waals surface area (Å²) in [4.78, 5) is 12.1. The summed E-state index contributed by atoms with van der Waals surface area (Å²) in [5, 5.41) is 7.56. The highest BCUT2D eigenvalue weighted by Gasteiger charge is 2.50. The van der Waals surface area contributed by atoms with E-state index < -0.39 is 0 Å². The number of hydrogen-bond acceptors (Lipinski definition) is 5. The molecular formula is C14H21ClN4O2. The van der Waals surface area contributed by atoms with Gasteiger partial charge in [0.2, 0.25) is 0 Å². The van der Waals surface area contributed by atoms with Crippen LogP contribution in [0.2, 0.25) is 5.02 Å². The second kappa shape index (κ2) is 5.94. The average Bonchev–Trinajstić information content (AvgIpc) is 2.51. The summed E-state index contributed by atoms with van der Waals surface area (Å²) in [5.41, 5.74) is 6.48. The maximum Gasteiger partial charge on any atom is 0.287 e. The number of rotatable bonds is 4. The third-order valence-corrected chi connectivity index (χ3v) is 4.78. The Morgan fingerprint density at radius 3 is 3.19 bits per heavy atom. The van der Waals surface area contributed by atoms with Gasteiger partial charge in [0, 0.05) is 25.1 Å². The lowest BCUT2D eigenvalue weighted by Crippen LogP contribution is -2.69. The zero-order valence-corrected chi connectivity index (χ0v) is 12.8. The molecule has 0 amide bonds. The van der Waals surface area contributed by atoms with Crippen LogP contribution in [0, 0.1) is 5.92 Å². The van der Waals surface area contributed by atoms with E-state index in [0.717, 1.165) is 25.9 Å². The van der Waals surface area contributed by atoms with E-state index in [0.29, 0.717) is 18.2 Å². The number of aromatic nitrogens is 2. The number of nitrogens with two attached hydrogens (primary N) is 1. The first-order chi connectivity index (χ1) is 10.1. The Hall–Kier alpha value is -1.11. The normalized spacial score (nSPS) is 31.4. The van der Waals surface area contributed by atoms with Gasteiger partial charge >= 0.3 is 0 Å². The number of ether oxygens (including phenoxy) is 1. The van der Waals surface area contributed by atoms with E-state index in [-0.39, 0.29) is 28.8 Å². The molecule has 4 atom stereocenters. The molecule has 2 heterocycles. The van der Waals surface area contributed by atoms with Crippen molar-refractivity contribution in [3.8, 4) is 0 Å². The maximum absolute atomic E-state index is 12.1. The van der Waals surface area contributed by atoms with Gasteiger partial charge in [0.25, 0.3) is 5.56 Å². The fraction of sp³-hybridized carbons (Fsp3) is 0.714. The number of anilines is 1. The monoisotopic (exact) mass is 312 g/mol. The quantitative estimate of drug-likeness (QED) is 0.873. The molecule has 4 unspecified atom stereocenters. The fourth-order valence-electron chi connectivity index (χ4n) is 3.24. The van der Waals surface area contributed by atoms with Crippen molar-refractivity contribution in [1.82, 2.24) is 9.78 Å². The minimum atomic E-state index is -0.266. The lowest BCUT2D eigenvalue weighted by atomic mass is 9.68. The standard InChI is InChI=1S/C14H21ClN4O2/c1-2-5-19-14(20)10(15)9(7-17-19)18-12-11(16)8-4-3-6-21-13(8)12/h7-8,11-13,18H,2-6,16H2,1H3. The van der Waals surface area contributed by atoms with E-state index >= 15 is 0 Å². The van der Waals surface area contributed by atoms with Gasteiger partial charge in [0.1, 0.15) is 5.02 Å². The molecule has 1 aromatic rings. The number of fused-ring (bicyclic) bond motifs is 1. The Morgan fingerprint density at radius 1 is 1.62 bits per heavy atom. The molecule has 6 nitrogen and oxygen atoms in total. The lowest BCUT2D eigenvalue weighted by molar-refractivity contribution is -0.104. The Bertz CT molecular complexity index is 577. The van der Waals surface area contributed by atoms with Crippen LogP contribution in [0.5, 0.6) is 0 Å². The van der Waals surface area contributed by atoms with E-state index in [1.807, 2.05) is 6.92 Å². The highest BCUT2D eigenvalue weighted by atomic mass is 35.5. The molecule has 116 valence electrons. The van der Waals surface area contributed by atoms with Gasteiger partial charge in [-0.05, 0) is 19.3 Å². The van der Waals surface area contributed by atoms with Crippen molar-refractivity contribution in [1.29, 1.82) is 0 Å². The zero-order chi connectivity index (χ0) is 15.0. The Labute approximate surface area is 128 Å². The summed E-state index contributed by atoms with van der Waals surface area (Å²) in [7, 11) is 0. The Kier molecular flexibility index (Phi) is 4.19. The minimum Gasteiger partial charge on any atom is -0.376 e. The molecule has 0 bridgehead atoms. The average molecular weight is 313 g/mol. The molecule has 2 fully saturated rings. The molecule has 3 rings (SSSR count). The summed E-state index contributed by atoms with van der Waals surface area (Å²) >= 11 is 6.16. The molecule has 1 saturated heterocycles. The van der Waals surface area contributed by atoms with Crippen LogP contribution in [-0.4, -0.2) is 34.6 Å². The Morgan fingerprint density at radius 2 is 2.43 bits per heavy atom. The van der Waals surface area contributed by atoms with Crippen LogP contribution in [0.15, 0.2) is 11.0 Å². The van der Waals surface area contributed by atoms with E-state index in [2.05, 4.69) is 10.4 Å². The van der Waals surface area contributed by atoms with Crippen LogP contribution in [0.3, 0.4) is 0 Å². The van der Waals surface area contributed by atoms with Crippen LogP contribution in [0.25, 0.3) is 0 Å². The predicted octanol–water partition coefficient (Wildman–Crippen LogP) is 1.22. The van der Waals surface area contributed by atoms with Gasteiger partial charge in [0.05, 0.1) is 24.0 Å². The first-order valence-corrected chi connectivity index (χ1v) is 7.90. The van der Waals surface area contributed by atoms with Crippen molar-refractivity contribution in [2.75, 3.05) is 11.9 Å². The van der Waals surface area contributed by atoms with Gasteiger partial charge in [-0.2, -0.15) is 5.10 Å². The summed E-state index contributed by atoms with van der Waals surface area (Å²) in [6.07, 6.45) is 4.72. The molecule has 1 saturated carbocycles. The van der Waals surface area contributed by atoms with Gasteiger partial charge in [0.15, 0.2) is 0 Å². The summed E-state index contributed by atoms with van der Waals surface area (Å²) in [6.45, 7) is 3.33. The maximum atomic E-state index is 12.1. The van der Waals surface area contributed by atoms with Gasteiger partial charge in [-0.15, -0.1) is 0 Å². The van der Waals surface area contributed by atoms with Crippen LogP contribution >= 0.6 is 11.6 Å². The molecule has 1 aromatic heterocycles. The summed E-state index contributed by atoms with van der Waals surface area (Å²) < 4.78 is 7.16. The van der Waals surface area contributed by atoms with Crippen molar-refractivity contribution >= 4 is 17.3 Å². The number of nitrogens with one attached hydrogen (secondary N) is 1. The van der Waals surface area contributed by atoms with Crippen LogP contribution in [0.4, 0.5) is 5.69 Å². The molecule has 0 spiro atoms. The largest absolute Gasteiger partial charge is 0.376 e. The molecule has 7 heteroatoms. The van der Waals surface area contributed by atoms with Crippen molar-refractivity contribution in [2.45, 2.75) is 50.9 Å². The molecule has 0 aromatic carbocycles. The van der Waals surface area contributed by atoms with Gasteiger partial charge in [-0.3, -0.25) is 4.79 Å². The molecule has 1 aliphatic heterocycles. The van der Waals surface area contributed by atoms with E-state index in [4.69, 9.17) is 22.1 Å². The number of aryl methyl sites for hydroxylation is 1. The fourth-order valence-corrected chi connectivity index (χ4v) is 3.44. The molecule has 3 N–H and O–H groups in total. The number of hydrogen-bond donors (Lipinski definition) is 2. The topological polar surface area (TPSA) is 82.2 Å². The molecular weight excluding hydrogens is 292 g/mol. The highest BCUT2D eigenvalue weighted by molar-refractivity contribution is 6.32. The van der Waals surface area contributed by atoms with E-state index in [9.17, 15) is 4.79 Å². The van der Waals surface area contributed by atoms with E-state index in [1.54, 1.807) is 6.20 Å². The van der Waals surface area contributed by atoms with Crippen LogP contribution < -0.4 is 16.6 Å². The van der Waals surface area contributed by atoms with Gasteiger partial charge < -0.3 is 15.8 Å². The molecule has 21 heavy (non-hydrogen) atoms. The second-order valence-electron chi connectivity index (χ2n) is 5.79. The second-order valence-corrected chi connectivity index (χ2v) is 6.17. The first-order valence-electron chi connectivity index (χ1n) is 7.52. The molecule has 0 radical (unpaired) electrons. The lowest BCUT2D eigenvalue weighted by Gasteiger charge is -2.52. The van der Waals surface area contributed by atoms with Crippen molar-refractivity contribution in [3.05, 3.63) is 21.6 Å². The molecule has 2 aliphatic rings. The SMILES string of the molecule is CCCn1ncc(NC2C(N)C3CCCOC32)c(Cl)c1=O. The smallest absolute Gasteiger partial charge is 0.287 e. The summed E-state index contributed by atoms with van der Waals surface area (Å²) in [6, 6.07) is 0.0282. The molecule has 1 aliphatic carbocycles.